The molecule has 0 spiro atoms. The van der Waals surface area contributed by atoms with Gasteiger partial charge in [0.2, 0.25) is 0 Å². The Hall–Kier alpha value is -2.04. The summed E-state index contributed by atoms with van der Waals surface area (Å²) in [6.07, 6.45) is 5.40. The third-order valence-corrected chi connectivity index (χ3v) is 6.25. The molecule has 0 saturated carbocycles. The number of rotatable bonds is 5. The van der Waals surface area contributed by atoms with E-state index >= 15 is 0 Å². The number of hydrogen-bond acceptors (Lipinski definition) is 4. The zero-order valence-corrected chi connectivity index (χ0v) is 18.4. The van der Waals surface area contributed by atoms with Gasteiger partial charge in [0.15, 0.2) is 0 Å². The van der Waals surface area contributed by atoms with Crippen molar-refractivity contribution in [2.24, 2.45) is 5.92 Å². The second-order valence-corrected chi connectivity index (χ2v) is 8.43. The maximum atomic E-state index is 6.47. The lowest BCUT2D eigenvalue weighted by Gasteiger charge is -2.30. The fourth-order valence-electron chi connectivity index (χ4n) is 4.04. The minimum atomic E-state index is 0.173. The van der Waals surface area contributed by atoms with E-state index in [1.165, 1.54) is 5.56 Å². The third-order valence-electron chi connectivity index (χ3n) is 5.70. The van der Waals surface area contributed by atoms with Gasteiger partial charge in [0, 0.05) is 22.6 Å². The van der Waals surface area contributed by atoms with Crippen LogP contribution in [0.2, 0.25) is 10.0 Å². The standard InChI is InChI=1S/C23H25Cl2N3O/c1-4-18-22(15-8-7-14(24)12-17(15)25)26-19(5-2)23(27-18)28-21-13(3)6-9-20-16(21)10-11-29-20/h7-8,10-13,21H,4-6,9H2,1-3H3,(H,27,28)/t13-,21?/m0/s1. The highest BCUT2D eigenvalue weighted by atomic mass is 35.5. The van der Waals surface area contributed by atoms with Crippen LogP contribution in [0.4, 0.5) is 5.82 Å². The second-order valence-electron chi connectivity index (χ2n) is 7.58. The van der Waals surface area contributed by atoms with Crippen molar-refractivity contribution in [3.63, 3.8) is 0 Å². The van der Waals surface area contributed by atoms with E-state index in [-0.39, 0.29) is 6.04 Å². The summed E-state index contributed by atoms with van der Waals surface area (Å²) in [5, 5.41) is 4.88. The summed E-state index contributed by atoms with van der Waals surface area (Å²) >= 11 is 12.5. The van der Waals surface area contributed by atoms with Crippen molar-refractivity contribution in [1.82, 2.24) is 9.97 Å². The Morgan fingerprint density at radius 2 is 1.90 bits per heavy atom. The van der Waals surface area contributed by atoms with Crippen LogP contribution in [0.1, 0.15) is 55.9 Å². The summed E-state index contributed by atoms with van der Waals surface area (Å²) < 4.78 is 5.67. The van der Waals surface area contributed by atoms with Gasteiger partial charge in [0.1, 0.15) is 11.6 Å². The Labute approximate surface area is 181 Å². The molecule has 2 heterocycles. The van der Waals surface area contributed by atoms with Gasteiger partial charge >= 0.3 is 0 Å². The fourth-order valence-corrected chi connectivity index (χ4v) is 4.54. The molecule has 0 aliphatic heterocycles. The summed E-state index contributed by atoms with van der Waals surface area (Å²) in [4.78, 5) is 9.97. The molecule has 1 aliphatic carbocycles. The van der Waals surface area contributed by atoms with Crippen molar-refractivity contribution in [3.8, 4) is 11.3 Å². The van der Waals surface area contributed by atoms with Gasteiger partial charge in [-0.25, -0.2) is 9.97 Å². The lowest BCUT2D eigenvalue weighted by Crippen LogP contribution is -2.25. The first-order valence-electron chi connectivity index (χ1n) is 10.2. The van der Waals surface area contributed by atoms with Crippen molar-refractivity contribution < 1.29 is 4.42 Å². The summed E-state index contributed by atoms with van der Waals surface area (Å²) in [5.41, 5.74) is 4.79. The second kappa shape index (κ2) is 8.37. The van der Waals surface area contributed by atoms with E-state index in [1.807, 2.05) is 12.1 Å². The molecule has 0 radical (unpaired) electrons. The molecule has 0 bridgehead atoms. The molecule has 0 fully saturated rings. The topological polar surface area (TPSA) is 51.0 Å². The van der Waals surface area contributed by atoms with Crippen molar-refractivity contribution in [2.45, 2.75) is 52.5 Å². The number of halogens is 2. The Morgan fingerprint density at radius 3 is 2.62 bits per heavy atom. The highest BCUT2D eigenvalue weighted by molar-refractivity contribution is 6.36. The molecule has 29 heavy (non-hydrogen) atoms. The average molecular weight is 430 g/mol. The maximum absolute atomic E-state index is 6.47. The van der Waals surface area contributed by atoms with E-state index in [9.17, 15) is 0 Å². The van der Waals surface area contributed by atoms with Crippen LogP contribution in [0, 0.1) is 5.92 Å². The predicted octanol–water partition coefficient (Wildman–Crippen LogP) is 6.90. The van der Waals surface area contributed by atoms with Crippen LogP contribution >= 0.6 is 23.2 Å². The molecule has 1 aliphatic rings. The van der Waals surface area contributed by atoms with Gasteiger partial charge in [-0.2, -0.15) is 0 Å². The van der Waals surface area contributed by atoms with Gasteiger partial charge in [0.05, 0.1) is 34.4 Å². The molecule has 3 aromatic rings. The Kier molecular flexibility index (Phi) is 5.84. The van der Waals surface area contributed by atoms with Gasteiger partial charge in [-0.1, -0.05) is 44.0 Å². The van der Waals surface area contributed by atoms with Crippen molar-refractivity contribution in [1.29, 1.82) is 0 Å². The van der Waals surface area contributed by atoms with Gasteiger partial charge in [-0.3, -0.25) is 0 Å². The quantitative estimate of drug-likeness (QED) is 0.478. The van der Waals surface area contributed by atoms with E-state index < -0.39 is 0 Å². The molecule has 152 valence electrons. The maximum Gasteiger partial charge on any atom is 0.148 e. The van der Waals surface area contributed by atoms with E-state index in [2.05, 4.69) is 32.2 Å². The summed E-state index contributed by atoms with van der Waals surface area (Å²) in [6, 6.07) is 7.76. The van der Waals surface area contributed by atoms with E-state index in [1.54, 1.807) is 12.3 Å². The first-order chi connectivity index (χ1) is 14.0. The zero-order chi connectivity index (χ0) is 20.5. The molecular weight excluding hydrogens is 405 g/mol. The summed E-state index contributed by atoms with van der Waals surface area (Å²) in [7, 11) is 0. The highest BCUT2D eigenvalue weighted by Gasteiger charge is 2.30. The van der Waals surface area contributed by atoms with Gasteiger partial charge in [0.25, 0.3) is 0 Å². The van der Waals surface area contributed by atoms with E-state index in [0.717, 1.165) is 59.9 Å². The SMILES string of the molecule is CCc1nc(-c2ccc(Cl)cc2Cl)c(CC)nc1NC1c2ccoc2CC[C@@H]1C. The predicted molar refractivity (Wildman–Crippen MR) is 119 cm³/mol. The molecule has 0 amide bonds. The lowest BCUT2D eigenvalue weighted by molar-refractivity contribution is 0.386. The first kappa shape index (κ1) is 20.2. The van der Waals surface area contributed by atoms with E-state index in [0.29, 0.717) is 16.0 Å². The number of hydrogen-bond donors (Lipinski definition) is 1. The number of furan rings is 1. The van der Waals surface area contributed by atoms with Crippen LogP contribution in [0.15, 0.2) is 34.9 Å². The third kappa shape index (κ3) is 3.88. The molecule has 1 aromatic carbocycles. The minimum Gasteiger partial charge on any atom is -0.469 e. The molecule has 4 rings (SSSR count). The summed E-state index contributed by atoms with van der Waals surface area (Å²) in [6.45, 7) is 6.46. The number of fused-ring (bicyclic) bond motifs is 1. The van der Waals surface area contributed by atoms with Crippen molar-refractivity contribution >= 4 is 29.0 Å². The normalized spacial score (nSPS) is 18.5. The van der Waals surface area contributed by atoms with Crippen LogP contribution in [0.25, 0.3) is 11.3 Å². The van der Waals surface area contributed by atoms with Crippen LogP contribution < -0.4 is 5.32 Å². The molecular formula is C23H25Cl2N3O. The molecule has 1 unspecified atom stereocenters. The van der Waals surface area contributed by atoms with Crippen LogP contribution in [0.5, 0.6) is 0 Å². The molecule has 1 N–H and O–H groups in total. The van der Waals surface area contributed by atoms with Gasteiger partial charge in [-0.05, 0) is 49.4 Å². The lowest BCUT2D eigenvalue weighted by atomic mass is 9.84. The van der Waals surface area contributed by atoms with Crippen molar-refractivity contribution in [2.75, 3.05) is 5.32 Å². The Balaban J connectivity index is 1.76. The molecule has 2 atom stereocenters. The Morgan fingerprint density at radius 1 is 1.10 bits per heavy atom. The largest absolute Gasteiger partial charge is 0.469 e. The molecule has 6 heteroatoms. The molecule has 2 aromatic heterocycles. The monoisotopic (exact) mass is 429 g/mol. The van der Waals surface area contributed by atoms with Crippen LogP contribution in [-0.2, 0) is 19.3 Å². The van der Waals surface area contributed by atoms with Crippen molar-refractivity contribution in [3.05, 3.63) is 63.3 Å². The number of benzene rings is 1. The number of nitrogens with one attached hydrogen (secondary N) is 1. The molecule has 0 saturated heterocycles. The average Bonchev–Trinajstić information content (AvgIpc) is 3.19. The number of aromatic nitrogens is 2. The number of nitrogens with zero attached hydrogens (tertiary/aromatic N) is 2. The van der Waals surface area contributed by atoms with Gasteiger partial charge in [-0.15, -0.1) is 0 Å². The van der Waals surface area contributed by atoms with E-state index in [4.69, 9.17) is 37.6 Å². The minimum absolute atomic E-state index is 0.173. The smallest absolute Gasteiger partial charge is 0.148 e. The highest BCUT2D eigenvalue weighted by Crippen LogP contribution is 2.38. The van der Waals surface area contributed by atoms with Crippen LogP contribution in [0.3, 0.4) is 0 Å². The molecule has 4 nitrogen and oxygen atoms in total. The summed E-state index contributed by atoms with van der Waals surface area (Å²) in [5.74, 6) is 2.41. The Bertz CT molecular complexity index is 1030. The number of anilines is 1. The van der Waals surface area contributed by atoms with Crippen LogP contribution in [-0.4, -0.2) is 9.97 Å². The fraction of sp³-hybridized carbons (Fsp3) is 0.391. The first-order valence-corrected chi connectivity index (χ1v) is 10.9. The number of aryl methyl sites for hydroxylation is 3. The van der Waals surface area contributed by atoms with Gasteiger partial charge < -0.3 is 9.73 Å². The zero-order valence-electron chi connectivity index (χ0n) is 16.9.